The van der Waals surface area contributed by atoms with Crippen molar-refractivity contribution in [1.82, 2.24) is 14.8 Å². The number of alkyl halides is 1. The van der Waals surface area contributed by atoms with Crippen molar-refractivity contribution in [3.8, 4) is 28.5 Å². The summed E-state index contributed by atoms with van der Waals surface area (Å²) in [7, 11) is 5.09. The molecule has 1 aromatic heterocycles. The molecule has 2 saturated heterocycles. The molecule has 0 unspecified atom stereocenters. The van der Waals surface area contributed by atoms with Crippen LogP contribution < -0.4 is 24.4 Å². The Morgan fingerprint density at radius 3 is 2.38 bits per heavy atom. The molecular weight excluding hydrogens is 841 g/mol. The van der Waals surface area contributed by atoms with E-state index in [-0.39, 0.29) is 35.6 Å². The highest BCUT2D eigenvalue weighted by molar-refractivity contribution is 14.1. The first-order valence-electron chi connectivity index (χ1n) is 18.2. The predicted octanol–water partition coefficient (Wildman–Crippen LogP) is 8.52. The van der Waals surface area contributed by atoms with Gasteiger partial charge < -0.3 is 34.1 Å². The van der Waals surface area contributed by atoms with Crippen LogP contribution in [-0.2, 0) is 17.8 Å². The van der Waals surface area contributed by atoms with Crippen molar-refractivity contribution in [3.63, 3.8) is 0 Å². The molecule has 0 radical (unpaired) electrons. The summed E-state index contributed by atoms with van der Waals surface area (Å²) in [4.78, 5) is 15.9. The van der Waals surface area contributed by atoms with Gasteiger partial charge in [0.25, 0.3) is 0 Å². The van der Waals surface area contributed by atoms with Gasteiger partial charge in [-0.1, -0.05) is 35.9 Å². The van der Waals surface area contributed by atoms with Gasteiger partial charge in [-0.25, -0.2) is 18.8 Å². The van der Waals surface area contributed by atoms with Crippen LogP contribution in [0, 0.1) is 16.3 Å². The maximum absolute atomic E-state index is 17.5. The average molecular weight is 883 g/mol. The topological polar surface area (TPSA) is 83.9 Å². The number of amidine groups is 1. The number of hydrogen-bond donors (Lipinski definition) is 1. The summed E-state index contributed by atoms with van der Waals surface area (Å²) in [6, 6.07) is 17.8. The van der Waals surface area contributed by atoms with Gasteiger partial charge in [0.1, 0.15) is 42.6 Å². The van der Waals surface area contributed by atoms with Crippen LogP contribution in [0.5, 0.6) is 17.2 Å². The normalized spacial score (nSPS) is 20.1. The maximum atomic E-state index is 17.5. The number of rotatable bonds is 11. The molecule has 4 aromatic rings. The van der Waals surface area contributed by atoms with Crippen molar-refractivity contribution in [2.75, 3.05) is 57.8 Å². The van der Waals surface area contributed by atoms with Crippen LogP contribution in [-0.4, -0.2) is 80.0 Å². The highest BCUT2D eigenvalue weighted by atomic mass is 127. The summed E-state index contributed by atoms with van der Waals surface area (Å²) in [6.45, 7) is 4.68. The van der Waals surface area contributed by atoms with Crippen LogP contribution in [0.2, 0.25) is 5.02 Å². The molecule has 0 spiro atoms. The Hall–Kier alpha value is -4.34. The molecule has 1 N–H and O–H groups in total. The molecule has 0 saturated carbocycles. The van der Waals surface area contributed by atoms with E-state index < -0.39 is 17.5 Å². The van der Waals surface area contributed by atoms with Crippen LogP contribution >= 0.6 is 34.2 Å². The molecule has 2 atom stereocenters. The molecule has 55 heavy (non-hydrogen) atoms. The van der Waals surface area contributed by atoms with Gasteiger partial charge in [0.05, 0.1) is 53.5 Å². The molecule has 3 aromatic carbocycles. The lowest BCUT2D eigenvalue weighted by atomic mass is 9.95. The van der Waals surface area contributed by atoms with E-state index >= 15 is 4.39 Å². The lowest BCUT2D eigenvalue weighted by Gasteiger charge is -2.31. The number of nitrogens with zero attached hydrogens (tertiary/aromatic N) is 5. The fourth-order valence-corrected chi connectivity index (χ4v) is 8.95. The number of fused-ring (bicyclic) bond motifs is 1. The van der Waals surface area contributed by atoms with Crippen LogP contribution in [0.1, 0.15) is 41.5 Å². The fraction of sp³-hybridized carbons (Fsp3) is 0.366. The van der Waals surface area contributed by atoms with E-state index in [4.69, 9.17) is 35.5 Å². The number of halogens is 4. The van der Waals surface area contributed by atoms with Crippen molar-refractivity contribution >= 4 is 51.5 Å². The fourth-order valence-electron chi connectivity index (χ4n) is 8.07. The highest BCUT2D eigenvalue weighted by Crippen LogP contribution is 2.49. The molecule has 14 heteroatoms. The smallest absolute Gasteiger partial charge is 0.302 e. The zero-order valence-electron chi connectivity index (χ0n) is 31.1. The molecule has 8 rings (SSSR count). The second-order valence-electron chi connectivity index (χ2n) is 14.4. The summed E-state index contributed by atoms with van der Waals surface area (Å²) in [5, 5.41) is 3.44. The molecule has 2 fully saturated rings. The van der Waals surface area contributed by atoms with Crippen LogP contribution in [0.15, 0.2) is 71.7 Å². The molecule has 0 aliphatic carbocycles. The van der Waals surface area contributed by atoms with E-state index in [1.807, 2.05) is 61.5 Å². The third-order valence-electron chi connectivity index (χ3n) is 10.9. The Morgan fingerprint density at radius 2 is 1.73 bits per heavy atom. The first-order chi connectivity index (χ1) is 26.6. The average Bonchev–Trinajstić information content (AvgIpc) is 3.67. The zero-order chi connectivity index (χ0) is 38.4. The van der Waals surface area contributed by atoms with E-state index in [9.17, 15) is 4.39 Å². The van der Waals surface area contributed by atoms with E-state index in [0.29, 0.717) is 54.7 Å². The number of anilines is 2. The summed E-state index contributed by atoms with van der Waals surface area (Å²) in [6.07, 6.45) is 2.95. The van der Waals surface area contributed by atoms with Crippen molar-refractivity contribution < 1.29 is 27.7 Å². The Morgan fingerprint density at radius 1 is 1.05 bits per heavy atom. The number of aromatic nitrogens is 1. The molecular formula is C41H42ClF2IN6O4. The quantitative estimate of drug-likeness (QED) is 0.149. The lowest BCUT2D eigenvalue weighted by Crippen LogP contribution is -2.42. The van der Waals surface area contributed by atoms with E-state index in [2.05, 4.69) is 42.7 Å². The maximum Gasteiger partial charge on any atom is 0.302 e. The van der Waals surface area contributed by atoms with Gasteiger partial charge in [0, 0.05) is 36.7 Å². The zero-order valence-corrected chi connectivity index (χ0v) is 34.0. The van der Waals surface area contributed by atoms with E-state index in [0.717, 1.165) is 51.1 Å². The number of benzene rings is 3. The third-order valence-corrected chi connectivity index (χ3v) is 12.6. The minimum Gasteiger partial charge on any atom is -0.497 e. The van der Waals surface area contributed by atoms with Gasteiger partial charge in [-0.05, 0) is 95.9 Å². The summed E-state index contributed by atoms with van der Waals surface area (Å²) in [5.74, 6) is 1.99. The SMILES string of the molecule is COc1ccc(CN(Cc2ccc(OC)cc2)c2cc(C)c(I)c(-c3c(F)c4c5c(c3Cl)NCN=C5N(C)C=C(OC[C@@]35CCCN3C[C@H](F)C5)O4)n2)cc1. The number of methoxy groups -OCH3 is 2. The number of aryl methyl sites for hydroxylation is 1. The molecule has 4 aliphatic heterocycles. The Balaban J connectivity index is 1.20. The predicted molar refractivity (Wildman–Crippen MR) is 218 cm³/mol. The Labute approximate surface area is 338 Å². The minimum absolute atomic E-state index is 0.0690. The van der Waals surface area contributed by atoms with Gasteiger partial charge in [0.2, 0.25) is 0 Å². The highest BCUT2D eigenvalue weighted by Gasteiger charge is 2.49. The molecule has 10 nitrogen and oxygen atoms in total. The number of ether oxygens (including phenoxy) is 4. The van der Waals surface area contributed by atoms with Crippen molar-refractivity contribution in [2.45, 2.75) is 51.0 Å². The van der Waals surface area contributed by atoms with Crippen LogP contribution in [0.3, 0.4) is 0 Å². The Kier molecular flexibility index (Phi) is 10.5. The first kappa shape index (κ1) is 37.6. The van der Waals surface area contributed by atoms with Crippen molar-refractivity contribution in [2.24, 2.45) is 4.99 Å². The summed E-state index contributed by atoms with van der Waals surface area (Å²) < 4.78 is 56.3. The first-order valence-corrected chi connectivity index (χ1v) is 19.7. The van der Waals surface area contributed by atoms with Crippen molar-refractivity contribution in [1.29, 1.82) is 0 Å². The second-order valence-corrected chi connectivity index (χ2v) is 15.9. The lowest BCUT2D eigenvalue weighted by molar-refractivity contribution is 0.0264. The van der Waals surface area contributed by atoms with Crippen molar-refractivity contribution in [3.05, 3.63) is 103 Å². The molecule has 0 bridgehead atoms. The summed E-state index contributed by atoms with van der Waals surface area (Å²) in [5.41, 5.74) is 3.94. The molecule has 4 aliphatic rings. The van der Waals surface area contributed by atoms with Crippen LogP contribution in [0.4, 0.5) is 20.3 Å². The number of hydrogen-bond acceptors (Lipinski definition) is 10. The van der Waals surface area contributed by atoms with E-state index in [1.165, 1.54) is 0 Å². The standard InChI is InChI=1S/C41H42ClF2IN6O4/c1-24-16-30(50(18-25-6-10-28(52-3)11-7-25)19-26-8-12-29(53-4)13-9-26)48-38(36(24)45)32-34(42)37-33-39(35(32)44)55-31(21-49(2)40(33)47-23-46-37)54-22-41-14-5-15-51(41)20-27(43)17-41/h6-13,16,21,27,46H,5,14-15,17-20,22-23H2,1-4H3/t27-,41+/m1/s1. The van der Waals surface area contributed by atoms with Gasteiger partial charge in [-0.15, -0.1) is 0 Å². The Bertz CT molecular complexity index is 2120. The molecule has 288 valence electrons. The number of nitrogens with one attached hydrogen (secondary N) is 1. The molecule has 0 amide bonds. The summed E-state index contributed by atoms with van der Waals surface area (Å²) >= 11 is 9.42. The van der Waals surface area contributed by atoms with Crippen LogP contribution in [0.25, 0.3) is 11.3 Å². The van der Waals surface area contributed by atoms with Gasteiger partial charge >= 0.3 is 5.95 Å². The molecule has 5 heterocycles. The van der Waals surface area contributed by atoms with Gasteiger partial charge in [0.15, 0.2) is 11.6 Å². The number of aliphatic imine (C=N–C) groups is 1. The second kappa shape index (κ2) is 15.3. The van der Waals surface area contributed by atoms with Gasteiger partial charge in [-0.3, -0.25) is 4.90 Å². The monoisotopic (exact) mass is 882 g/mol. The van der Waals surface area contributed by atoms with E-state index in [1.54, 1.807) is 32.4 Å². The minimum atomic E-state index is -0.905. The largest absolute Gasteiger partial charge is 0.497 e. The van der Waals surface area contributed by atoms with Gasteiger partial charge in [-0.2, -0.15) is 0 Å². The number of pyridine rings is 1. The third kappa shape index (κ3) is 7.14.